The molecule has 4 heteroatoms. The molecule has 4 nitrogen and oxygen atoms in total. The molecule has 0 aliphatic carbocycles. The molecule has 0 fully saturated rings. The van der Waals surface area contributed by atoms with Crippen LogP contribution < -0.4 is 0 Å². The molecule has 2 N–H and O–H groups in total. The maximum atomic E-state index is 11.2. The minimum absolute atomic E-state index is 0.151. The second kappa shape index (κ2) is 22.6. The molecule has 0 amide bonds. The summed E-state index contributed by atoms with van der Waals surface area (Å²) >= 11 is 0. The van der Waals surface area contributed by atoms with Crippen molar-refractivity contribution in [3.8, 4) is 0 Å². The van der Waals surface area contributed by atoms with E-state index in [1.54, 1.807) is 0 Å². The lowest BCUT2D eigenvalue weighted by Gasteiger charge is -2.34. The topological polar surface area (TPSA) is 57.5 Å². The summed E-state index contributed by atoms with van der Waals surface area (Å²) < 4.78 is 0.586. The van der Waals surface area contributed by atoms with E-state index in [1.807, 2.05) is 21.1 Å². The highest BCUT2D eigenvalue weighted by Gasteiger charge is 2.35. The van der Waals surface area contributed by atoms with Gasteiger partial charge in [-0.1, -0.05) is 148 Å². The van der Waals surface area contributed by atoms with Crippen LogP contribution in [0.15, 0.2) is 0 Å². The van der Waals surface area contributed by atoms with Crippen LogP contribution in [0.5, 0.6) is 0 Å². The quantitative estimate of drug-likeness (QED) is 0.0878. The molecule has 0 aromatic heterocycles. The SMILES string of the molecule is CCCCCCCCCCCCCCCCCCCCCCCCC(O)(CC(=O)O)C[N+](C)(C)C. The van der Waals surface area contributed by atoms with E-state index in [0.717, 1.165) is 12.8 Å². The van der Waals surface area contributed by atoms with Crippen LogP contribution in [-0.2, 0) is 4.79 Å². The largest absolute Gasteiger partial charge is 0.481 e. The molecule has 0 heterocycles. The number of unbranched alkanes of at least 4 members (excludes halogenated alkanes) is 21. The molecule has 0 radical (unpaired) electrons. The monoisotopic (exact) mass is 498 g/mol. The van der Waals surface area contributed by atoms with Crippen LogP contribution in [0.4, 0.5) is 0 Å². The normalized spacial score (nSPS) is 13.7. The number of likely N-dealkylation sites (N-methyl/N-ethyl adjacent to an activating group) is 1. The molecule has 210 valence electrons. The third-order valence-corrected chi connectivity index (χ3v) is 7.24. The minimum Gasteiger partial charge on any atom is -0.481 e. The Morgan fingerprint density at radius 1 is 0.571 bits per heavy atom. The fourth-order valence-electron chi connectivity index (χ4n) is 5.45. The lowest BCUT2D eigenvalue weighted by molar-refractivity contribution is -0.877. The van der Waals surface area contributed by atoms with E-state index in [1.165, 1.54) is 128 Å². The Hall–Kier alpha value is -0.610. The highest BCUT2D eigenvalue weighted by molar-refractivity contribution is 5.68. The lowest BCUT2D eigenvalue weighted by Crippen LogP contribution is -2.50. The Bertz CT molecular complexity index is 474. The third-order valence-electron chi connectivity index (χ3n) is 7.24. The zero-order valence-corrected chi connectivity index (χ0v) is 24.4. The Kier molecular flexibility index (Phi) is 22.2. The zero-order chi connectivity index (χ0) is 26.3. The van der Waals surface area contributed by atoms with Crippen LogP contribution in [0.1, 0.15) is 161 Å². The van der Waals surface area contributed by atoms with Gasteiger partial charge in [0.05, 0.1) is 27.6 Å². The van der Waals surface area contributed by atoms with Crippen molar-refractivity contribution in [3.63, 3.8) is 0 Å². The van der Waals surface area contributed by atoms with Gasteiger partial charge in [-0.2, -0.15) is 0 Å². The first-order valence-electron chi connectivity index (χ1n) is 15.4. The molecule has 1 atom stereocenters. The van der Waals surface area contributed by atoms with Gasteiger partial charge in [0, 0.05) is 0 Å². The number of aliphatic hydroxyl groups is 1. The minimum atomic E-state index is -1.09. The Balaban J connectivity index is 3.40. The predicted octanol–water partition coefficient (Wildman–Crippen LogP) is 8.89. The number of hydrogen-bond acceptors (Lipinski definition) is 2. The van der Waals surface area contributed by atoms with Crippen LogP contribution in [-0.4, -0.2) is 54.0 Å². The Labute approximate surface area is 219 Å². The summed E-state index contributed by atoms with van der Waals surface area (Å²) in [5.41, 5.74) is -1.09. The van der Waals surface area contributed by atoms with Gasteiger partial charge in [-0.3, -0.25) is 4.79 Å². The van der Waals surface area contributed by atoms with Crippen LogP contribution in [0.25, 0.3) is 0 Å². The fourth-order valence-corrected chi connectivity index (χ4v) is 5.45. The zero-order valence-electron chi connectivity index (χ0n) is 24.4. The molecule has 0 saturated heterocycles. The molecule has 1 unspecified atom stereocenters. The van der Waals surface area contributed by atoms with Crippen molar-refractivity contribution in [3.05, 3.63) is 0 Å². The second-order valence-electron chi connectivity index (χ2n) is 12.4. The van der Waals surface area contributed by atoms with Crippen molar-refractivity contribution >= 4 is 5.97 Å². The van der Waals surface area contributed by atoms with Crippen LogP contribution in [0, 0.1) is 0 Å². The molecule has 0 saturated carbocycles. The van der Waals surface area contributed by atoms with Gasteiger partial charge in [0.2, 0.25) is 0 Å². The van der Waals surface area contributed by atoms with Crippen molar-refractivity contribution in [1.29, 1.82) is 0 Å². The average molecular weight is 499 g/mol. The van der Waals surface area contributed by atoms with Crippen molar-refractivity contribution < 1.29 is 19.5 Å². The maximum absolute atomic E-state index is 11.2. The molecule has 0 bridgehead atoms. The van der Waals surface area contributed by atoms with Crippen molar-refractivity contribution in [1.82, 2.24) is 0 Å². The average Bonchev–Trinajstić information content (AvgIpc) is 2.75. The molecule has 0 aromatic carbocycles. The van der Waals surface area contributed by atoms with Gasteiger partial charge < -0.3 is 14.7 Å². The Morgan fingerprint density at radius 2 is 0.857 bits per heavy atom. The lowest BCUT2D eigenvalue weighted by atomic mass is 9.91. The van der Waals surface area contributed by atoms with Crippen molar-refractivity contribution in [2.24, 2.45) is 0 Å². The van der Waals surface area contributed by atoms with Gasteiger partial charge in [-0.05, 0) is 6.42 Å². The third kappa shape index (κ3) is 26.3. The first-order chi connectivity index (χ1) is 16.7. The molecule has 0 aliphatic heterocycles. The molecule has 35 heavy (non-hydrogen) atoms. The van der Waals surface area contributed by atoms with E-state index in [0.29, 0.717) is 17.4 Å². The fraction of sp³-hybridized carbons (Fsp3) is 0.968. The summed E-state index contributed by atoms with van der Waals surface area (Å²) in [5.74, 6) is -0.903. The van der Waals surface area contributed by atoms with Crippen LogP contribution in [0.3, 0.4) is 0 Å². The number of aliphatic carboxylic acids is 1. The van der Waals surface area contributed by atoms with E-state index in [-0.39, 0.29) is 6.42 Å². The number of carbonyl (C=O) groups is 1. The second-order valence-corrected chi connectivity index (χ2v) is 12.4. The van der Waals surface area contributed by atoms with E-state index in [9.17, 15) is 9.90 Å². The smallest absolute Gasteiger partial charge is 0.306 e. The van der Waals surface area contributed by atoms with Crippen molar-refractivity contribution in [2.45, 2.75) is 167 Å². The predicted molar refractivity (Wildman–Crippen MR) is 152 cm³/mol. The van der Waals surface area contributed by atoms with E-state index < -0.39 is 11.6 Å². The Morgan fingerprint density at radius 3 is 1.11 bits per heavy atom. The van der Waals surface area contributed by atoms with Gasteiger partial charge in [-0.25, -0.2) is 0 Å². The number of quaternary nitrogens is 1. The highest BCUT2D eigenvalue weighted by atomic mass is 16.4. The summed E-state index contributed by atoms with van der Waals surface area (Å²) in [5, 5.41) is 19.9. The molecular weight excluding hydrogens is 434 g/mol. The van der Waals surface area contributed by atoms with E-state index >= 15 is 0 Å². The van der Waals surface area contributed by atoms with Gasteiger partial charge in [-0.15, -0.1) is 0 Å². The van der Waals surface area contributed by atoms with Gasteiger partial charge >= 0.3 is 5.97 Å². The molecule has 0 aromatic rings. The van der Waals surface area contributed by atoms with Crippen LogP contribution >= 0.6 is 0 Å². The summed E-state index contributed by atoms with van der Waals surface area (Å²) in [6.45, 7) is 2.77. The summed E-state index contributed by atoms with van der Waals surface area (Å²) in [4.78, 5) is 11.2. The number of carboxylic acid groups (broad SMARTS) is 1. The van der Waals surface area contributed by atoms with Crippen molar-refractivity contribution in [2.75, 3.05) is 27.7 Å². The van der Waals surface area contributed by atoms with Gasteiger partial charge in [0.1, 0.15) is 12.1 Å². The van der Waals surface area contributed by atoms with E-state index in [2.05, 4.69) is 6.92 Å². The number of carboxylic acids is 1. The first kappa shape index (κ1) is 34.4. The van der Waals surface area contributed by atoms with Gasteiger partial charge in [0.15, 0.2) is 0 Å². The molecule has 0 rings (SSSR count). The number of nitrogens with zero attached hydrogens (tertiary/aromatic N) is 1. The standard InChI is InChI=1S/C31H63NO3/c1-5-6-7-8-9-10-11-12-13-14-15-16-17-18-19-20-21-22-23-24-25-26-27-31(35,28-30(33)34)29-32(2,3)4/h35H,5-29H2,1-4H3/p+1. The molecular formula is C31H64NO3+. The van der Waals surface area contributed by atoms with Gasteiger partial charge in [0.25, 0.3) is 0 Å². The molecule has 0 aliphatic rings. The summed E-state index contributed by atoms with van der Waals surface area (Å²) in [6, 6.07) is 0. The number of rotatable bonds is 27. The maximum Gasteiger partial charge on any atom is 0.306 e. The number of hydrogen-bond donors (Lipinski definition) is 2. The molecule has 0 spiro atoms. The highest BCUT2D eigenvalue weighted by Crippen LogP contribution is 2.23. The first-order valence-corrected chi connectivity index (χ1v) is 15.4. The summed E-state index contributed by atoms with van der Waals surface area (Å²) in [6.07, 6.45) is 30.4. The summed E-state index contributed by atoms with van der Waals surface area (Å²) in [7, 11) is 6.02. The van der Waals surface area contributed by atoms with E-state index in [4.69, 9.17) is 5.11 Å². The van der Waals surface area contributed by atoms with Crippen LogP contribution in [0.2, 0.25) is 0 Å².